The van der Waals surface area contributed by atoms with Crippen LogP contribution < -0.4 is 0 Å². The molecule has 0 saturated heterocycles. The maximum Gasteiger partial charge on any atom is 0 e. The van der Waals surface area contributed by atoms with Crippen LogP contribution in [0.15, 0.2) is 0 Å². The third-order valence-corrected chi connectivity index (χ3v) is 0. The summed E-state index contributed by atoms with van der Waals surface area (Å²) in [4.78, 5) is 0. The van der Waals surface area contributed by atoms with Crippen molar-refractivity contribution in [2.45, 2.75) is 0 Å². The van der Waals surface area contributed by atoms with E-state index in [-0.39, 0.29) is 106 Å². The summed E-state index contributed by atoms with van der Waals surface area (Å²) in [7, 11) is 0. The normalized spacial score (nSPS) is 0. The molecule has 4 heteroatoms. The predicted molar refractivity (Wildman–Crippen MR) is 19.3 cm³/mol. The first-order valence-corrected chi connectivity index (χ1v) is 0. The van der Waals surface area contributed by atoms with Crippen molar-refractivity contribution in [3.8, 4) is 0 Å². The van der Waals surface area contributed by atoms with Gasteiger partial charge in [-0.2, -0.15) is 0 Å². The van der Waals surface area contributed by atoms with Crippen molar-refractivity contribution < 1.29 is 27.9 Å². The van der Waals surface area contributed by atoms with Crippen LogP contribution in [-0.4, -0.2) is 83.9 Å². The molecule has 0 bridgehead atoms. The summed E-state index contributed by atoms with van der Waals surface area (Å²) in [5.74, 6) is 0. The van der Waals surface area contributed by atoms with Gasteiger partial charge >= 0.3 is 78.4 Å². The molecule has 2 N–H and O–H groups in total. The first kappa shape index (κ1) is 26.7. The summed E-state index contributed by atoms with van der Waals surface area (Å²) < 4.78 is 0. The minimum absolute atomic E-state index is 0. The monoisotopic (exact) mass is 275 g/mol. The Bertz CT molecular complexity index is 8.00. The van der Waals surface area contributed by atoms with Crippen molar-refractivity contribution in [3.63, 3.8) is 0 Å². The van der Waals surface area contributed by atoms with Crippen molar-refractivity contribution in [3.05, 3.63) is 0 Å². The zero-order chi connectivity index (χ0) is 0. The zero-order valence-corrected chi connectivity index (χ0v) is 3.15. The Kier molecular flexibility index (Phi) is 109. The van der Waals surface area contributed by atoms with Crippen molar-refractivity contribution in [2.75, 3.05) is 0 Å². The fourth-order valence-electron chi connectivity index (χ4n) is 0. The van der Waals surface area contributed by atoms with Crippen LogP contribution in [0.3, 0.4) is 0 Å². The molecule has 0 aliphatic carbocycles. The number of hydrogen-bond acceptors (Lipinski definition) is 0. The smallest absolute Gasteiger partial charge is 0 e. The van der Waals surface area contributed by atoms with E-state index in [4.69, 9.17) is 0 Å². The number of hydrogen-bond donors (Lipinski definition) is 0. The minimum atomic E-state index is 0. The summed E-state index contributed by atoms with van der Waals surface area (Å²) in [6.45, 7) is 0. The number of rotatable bonds is 0. The van der Waals surface area contributed by atoms with Crippen molar-refractivity contribution in [1.82, 2.24) is 0 Å². The molecule has 0 atom stereocenters. The van der Waals surface area contributed by atoms with E-state index in [2.05, 4.69) is 0 Å². The van der Waals surface area contributed by atoms with Crippen LogP contribution in [0.5, 0.6) is 0 Å². The molecule has 0 spiro atoms. The minimum Gasteiger partial charge on any atom is 0 e. The van der Waals surface area contributed by atoms with Gasteiger partial charge in [0.05, 0.1) is 0 Å². The van der Waals surface area contributed by atoms with Gasteiger partial charge in [0, 0.05) is 22.4 Å². The average molecular weight is 274 g/mol. The van der Waals surface area contributed by atoms with Crippen molar-refractivity contribution in [2.24, 2.45) is 0 Å². The molecule has 0 aliphatic rings. The van der Waals surface area contributed by atoms with Gasteiger partial charge in [0.25, 0.3) is 0 Å². The second-order valence-corrected chi connectivity index (χ2v) is 0. The van der Waals surface area contributed by atoms with Gasteiger partial charge in [0.15, 0.2) is 0 Å². The van der Waals surface area contributed by atoms with Gasteiger partial charge in [0.1, 0.15) is 0 Å². The summed E-state index contributed by atoms with van der Waals surface area (Å²) in [6, 6.07) is 0. The summed E-state index contributed by atoms with van der Waals surface area (Å²) >= 11 is 0. The Labute approximate surface area is 103 Å². The van der Waals surface area contributed by atoms with Crippen molar-refractivity contribution >= 4 is 78.4 Å². The van der Waals surface area contributed by atoms with Crippen LogP contribution in [0.1, 0.15) is 0 Å². The second-order valence-electron chi connectivity index (χ2n) is 0. The van der Waals surface area contributed by atoms with E-state index in [1.54, 1.807) is 0 Å². The van der Waals surface area contributed by atoms with Gasteiger partial charge < -0.3 is 5.48 Å². The second kappa shape index (κ2) is 16.3. The van der Waals surface area contributed by atoms with Crippen LogP contribution in [0, 0.1) is 0 Å². The van der Waals surface area contributed by atoms with Crippen LogP contribution in [0.4, 0.5) is 0 Å². The summed E-state index contributed by atoms with van der Waals surface area (Å²) in [5, 5.41) is 0. The quantitative estimate of drug-likeness (QED) is 0.442. The molecule has 0 aromatic heterocycles. The fraction of sp³-hybridized carbons (Fsp3) is 0. The average Bonchev–Trinajstić information content (AvgIpc) is 0. The van der Waals surface area contributed by atoms with Crippen LogP contribution >= 0.6 is 0 Å². The maximum absolute atomic E-state index is 0. The molecule has 0 aromatic rings. The largest absolute Gasteiger partial charge is 0 e. The van der Waals surface area contributed by atoms with E-state index in [1.165, 1.54) is 0 Å². The van der Waals surface area contributed by atoms with Crippen molar-refractivity contribution in [1.29, 1.82) is 0 Å². The SMILES string of the molecule is O.[BaH2].[NaH].[Nb]. The Morgan fingerprint density at radius 2 is 1.00 bits per heavy atom. The van der Waals surface area contributed by atoms with Gasteiger partial charge in [-0.15, -0.1) is 0 Å². The Morgan fingerprint density at radius 3 is 1.00 bits per heavy atom. The van der Waals surface area contributed by atoms with Crippen LogP contribution in [0.25, 0.3) is 0 Å². The third kappa shape index (κ3) is 8.99. The van der Waals surface area contributed by atoms with E-state index in [0.29, 0.717) is 0 Å². The molecule has 4 heavy (non-hydrogen) atoms. The van der Waals surface area contributed by atoms with Gasteiger partial charge in [0.2, 0.25) is 0 Å². The standard InChI is InChI=1S/Ba.Na.Nb.H2O.3H/h;;;1H2;;;. The van der Waals surface area contributed by atoms with E-state index in [9.17, 15) is 0 Å². The zero-order valence-electron chi connectivity index (χ0n) is 0.947. The fourth-order valence-corrected chi connectivity index (χ4v) is 0. The summed E-state index contributed by atoms with van der Waals surface area (Å²) in [5.41, 5.74) is 0. The van der Waals surface area contributed by atoms with E-state index in [0.717, 1.165) is 0 Å². The van der Waals surface area contributed by atoms with Gasteiger partial charge in [-0.05, 0) is 0 Å². The third-order valence-electron chi connectivity index (χ3n) is 0. The first-order chi connectivity index (χ1) is 0. The molecule has 0 unspecified atom stereocenters. The topological polar surface area (TPSA) is 31.5 Å². The van der Waals surface area contributed by atoms with Crippen LogP contribution in [-0.2, 0) is 22.4 Å². The molecule has 0 aromatic carbocycles. The molecule has 0 amide bonds. The summed E-state index contributed by atoms with van der Waals surface area (Å²) in [6.07, 6.45) is 0. The van der Waals surface area contributed by atoms with Gasteiger partial charge in [-0.1, -0.05) is 0 Å². The molecule has 0 saturated carbocycles. The molecule has 0 aliphatic heterocycles. The van der Waals surface area contributed by atoms with E-state index in [1.807, 2.05) is 0 Å². The van der Waals surface area contributed by atoms with E-state index < -0.39 is 0 Å². The molecule has 0 heterocycles. The maximum atomic E-state index is 0. The van der Waals surface area contributed by atoms with E-state index >= 15 is 0 Å². The Hall–Kier alpha value is 3.27. The molecule has 1 nitrogen and oxygen atoms in total. The predicted octanol–water partition coefficient (Wildman–Crippen LogP) is -2.39. The molecule has 19 valence electrons. The molecule has 1 radical (unpaired) electrons. The molecular formula is H5BaNaNbO. The molecule has 0 rings (SSSR count). The molecule has 0 fully saturated rings. The Balaban J connectivity index is 0. The van der Waals surface area contributed by atoms with Crippen LogP contribution in [0.2, 0.25) is 0 Å². The van der Waals surface area contributed by atoms with Gasteiger partial charge in [-0.3, -0.25) is 0 Å². The first-order valence-electron chi connectivity index (χ1n) is 0. The molecular weight excluding hydrogens is 269 g/mol. The van der Waals surface area contributed by atoms with Gasteiger partial charge in [-0.25, -0.2) is 0 Å². The Morgan fingerprint density at radius 1 is 1.00 bits per heavy atom.